The van der Waals surface area contributed by atoms with E-state index in [0.29, 0.717) is 0 Å². The van der Waals surface area contributed by atoms with Gasteiger partial charge in [-0.05, 0) is 25.2 Å². The second-order valence-corrected chi connectivity index (χ2v) is 5.50. The zero-order valence-electron chi connectivity index (χ0n) is 11.8. The lowest BCUT2D eigenvalue weighted by Crippen LogP contribution is -2.44. The van der Waals surface area contributed by atoms with E-state index in [2.05, 4.69) is 17.2 Å². The van der Waals surface area contributed by atoms with Gasteiger partial charge >= 0.3 is 12.0 Å². The average molecular weight is 282 g/mol. The molecule has 112 valence electrons. The first-order valence-electron chi connectivity index (χ1n) is 6.81. The molecule has 0 aromatic heterocycles. The summed E-state index contributed by atoms with van der Waals surface area (Å²) in [5.41, 5.74) is -0.500. The predicted molar refractivity (Wildman–Crippen MR) is 74.1 cm³/mol. The molecule has 1 saturated carbocycles. The van der Waals surface area contributed by atoms with Gasteiger partial charge in [0.05, 0.1) is 6.42 Å². The number of amides is 3. The van der Waals surface area contributed by atoms with Crippen molar-refractivity contribution in [1.29, 1.82) is 0 Å². The molecule has 1 rings (SSSR count). The Hall–Kier alpha value is -1.85. The lowest BCUT2D eigenvalue weighted by Gasteiger charge is -2.26. The maximum atomic E-state index is 11.9. The van der Waals surface area contributed by atoms with Gasteiger partial charge in [-0.1, -0.05) is 18.9 Å². The molecule has 20 heavy (non-hydrogen) atoms. The molecule has 1 aliphatic rings. The molecule has 0 bridgehead atoms. The van der Waals surface area contributed by atoms with Crippen LogP contribution in [0.15, 0.2) is 12.7 Å². The van der Waals surface area contributed by atoms with Gasteiger partial charge in [-0.2, -0.15) is 0 Å². The molecule has 3 amide bonds. The number of urea groups is 1. The minimum atomic E-state index is -0.899. The number of hydrogen-bond donors (Lipinski definition) is 3. The number of carbonyl (C=O) groups is 3. The van der Waals surface area contributed by atoms with Crippen molar-refractivity contribution in [3.8, 4) is 0 Å². The second-order valence-electron chi connectivity index (χ2n) is 5.50. The van der Waals surface area contributed by atoms with E-state index >= 15 is 0 Å². The number of aliphatic carboxylic acids is 1. The first kappa shape index (κ1) is 16.2. The molecule has 0 aromatic rings. The summed E-state index contributed by atoms with van der Waals surface area (Å²) >= 11 is 0. The zero-order chi connectivity index (χ0) is 15.2. The molecule has 6 nitrogen and oxygen atoms in total. The molecule has 0 aromatic carbocycles. The fraction of sp³-hybridized carbons (Fsp3) is 0.643. The average Bonchev–Trinajstić information content (AvgIpc) is 2.75. The highest BCUT2D eigenvalue weighted by molar-refractivity contribution is 5.94. The van der Waals surface area contributed by atoms with E-state index in [0.717, 1.165) is 25.7 Å². The lowest BCUT2D eigenvalue weighted by molar-refractivity contribution is -0.140. The predicted octanol–water partition coefficient (Wildman–Crippen LogP) is 1.81. The van der Waals surface area contributed by atoms with Crippen LogP contribution in [-0.2, 0) is 9.59 Å². The van der Waals surface area contributed by atoms with Crippen molar-refractivity contribution in [2.24, 2.45) is 5.41 Å². The first-order valence-corrected chi connectivity index (χ1v) is 6.81. The van der Waals surface area contributed by atoms with E-state index in [4.69, 9.17) is 5.11 Å². The Morgan fingerprint density at radius 2 is 1.90 bits per heavy atom. The van der Waals surface area contributed by atoms with E-state index in [1.54, 1.807) is 13.0 Å². The number of nitrogens with one attached hydrogen (secondary N) is 2. The number of carbonyl (C=O) groups excluding carboxylic acids is 2. The van der Waals surface area contributed by atoms with Crippen LogP contribution in [0, 0.1) is 5.41 Å². The molecule has 3 N–H and O–H groups in total. The molecule has 0 heterocycles. The third kappa shape index (κ3) is 5.03. The third-order valence-electron chi connectivity index (χ3n) is 3.69. The molecule has 0 saturated heterocycles. The zero-order valence-corrected chi connectivity index (χ0v) is 11.8. The van der Waals surface area contributed by atoms with Crippen LogP contribution >= 0.6 is 0 Å². The molecular formula is C14H22N2O4. The summed E-state index contributed by atoms with van der Waals surface area (Å²) in [6.45, 7) is 5.26. The number of rotatable bonds is 6. The van der Waals surface area contributed by atoms with Crippen LogP contribution in [0.4, 0.5) is 4.79 Å². The molecule has 6 heteroatoms. The Bertz CT molecular complexity index is 400. The summed E-state index contributed by atoms with van der Waals surface area (Å²) in [6, 6.07) is -0.812. The SMILES string of the molecule is C=CC(C)NC(=O)NC(=O)CC1(CC(=O)O)CCCC1. The van der Waals surface area contributed by atoms with Crippen LogP contribution in [0.3, 0.4) is 0 Å². The van der Waals surface area contributed by atoms with Crippen molar-refractivity contribution in [2.45, 2.75) is 51.5 Å². The number of imide groups is 1. The number of hydrogen-bond acceptors (Lipinski definition) is 3. The molecule has 0 aliphatic heterocycles. The highest BCUT2D eigenvalue weighted by atomic mass is 16.4. The molecule has 1 unspecified atom stereocenters. The summed E-state index contributed by atoms with van der Waals surface area (Å²) in [5, 5.41) is 13.7. The van der Waals surface area contributed by atoms with Crippen molar-refractivity contribution in [3.63, 3.8) is 0 Å². The van der Waals surface area contributed by atoms with Crippen LogP contribution < -0.4 is 10.6 Å². The fourth-order valence-corrected chi connectivity index (χ4v) is 2.68. The van der Waals surface area contributed by atoms with E-state index in [-0.39, 0.29) is 18.9 Å². The van der Waals surface area contributed by atoms with E-state index in [1.807, 2.05) is 0 Å². The smallest absolute Gasteiger partial charge is 0.321 e. The summed E-state index contributed by atoms with van der Waals surface area (Å²) in [4.78, 5) is 34.3. The van der Waals surface area contributed by atoms with Gasteiger partial charge < -0.3 is 10.4 Å². The molecule has 1 aliphatic carbocycles. The quantitative estimate of drug-likeness (QED) is 0.647. The van der Waals surface area contributed by atoms with Crippen molar-refractivity contribution >= 4 is 17.9 Å². The first-order chi connectivity index (χ1) is 9.37. The van der Waals surface area contributed by atoms with Crippen LogP contribution in [-0.4, -0.2) is 29.1 Å². The normalized spacial score (nSPS) is 18.1. The lowest BCUT2D eigenvalue weighted by atomic mass is 9.79. The van der Waals surface area contributed by atoms with Crippen molar-refractivity contribution in [2.75, 3.05) is 0 Å². The van der Waals surface area contributed by atoms with Gasteiger partial charge in [0.2, 0.25) is 5.91 Å². The number of carboxylic acid groups (broad SMARTS) is 1. The highest BCUT2D eigenvalue weighted by Gasteiger charge is 2.38. The summed E-state index contributed by atoms with van der Waals surface area (Å²) in [6.07, 6.45) is 4.91. The summed E-state index contributed by atoms with van der Waals surface area (Å²) in [7, 11) is 0. The highest BCUT2D eigenvalue weighted by Crippen LogP contribution is 2.43. The number of carboxylic acids is 1. The van der Waals surface area contributed by atoms with Crippen molar-refractivity contribution in [3.05, 3.63) is 12.7 Å². The van der Waals surface area contributed by atoms with E-state index in [1.165, 1.54) is 0 Å². The van der Waals surface area contributed by atoms with Gasteiger partial charge in [0.25, 0.3) is 0 Å². The third-order valence-corrected chi connectivity index (χ3v) is 3.69. The molecular weight excluding hydrogens is 260 g/mol. The topological polar surface area (TPSA) is 95.5 Å². The van der Waals surface area contributed by atoms with Gasteiger partial charge in [-0.3, -0.25) is 14.9 Å². The van der Waals surface area contributed by atoms with E-state index < -0.39 is 23.3 Å². The van der Waals surface area contributed by atoms with Gasteiger partial charge in [0, 0.05) is 12.5 Å². The second kappa shape index (κ2) is 7.07. The van der Waals surface area contributed by atoms with Crippen molar-refractivity contribution in [1.82, 2.24) is 10.6 Å². The van der Waals surface area contributed by atoms with Crippen LogP contribution in [0.2, 0.25) is 0 Å². The minimum Gasteiger partial charge on any atom is -0.481 e. The largest absolute Gasteiger partial charge is 0.481 e. The molecule has 0 radical (unpaired) electrons. The Balaban J connectivity index is 2.52. The standard InChI is InChI=1S/C14H22N2O4/c1-3-10(2)15-13(20)16-11(17)8-14(9-12(18)19)6-4-5-7-14/h3,10H,1,4-9H2,2H3,(H,18,19)(H2,15,16,17,20). The Kier molecular flexibility index (Phi) is 5.73. The maximum Gasteiger partial charge on any atom is 0.321 e. The molecule has 1 fully saturated rings. The molecule has 1 atom stereocenters. The van der Waals surface area contributed by atoms with Gasteiger partial charge in [-0.25, -0.2) is 4.79 Å². The van der Waals surface area contributed by atoms with Gasteiger partial charge in [-0.15, -0.1) is 6.58 Å². The Labute approximate surface area is 118 Å². The van der Waals surface area contributed by atoms with E-state index in [9.17, 15) is 14.4 Å². The summed E-state index contributed by atoms with van der Waals surface area (Å²) in [5.74, 6) is -1.33. The van der Waals surface area contributed by atoms with Crippen LogP contribution in [0.25, 0.3) is 0 Å². The Morgan fingerprint density at radius 1 is 1.30 bits per heavy atom. The Morgan fingerprint density at radius 3 is 2.40 bits per heavy atom. The van der Waals surface area contributed by atoms with Gasteiger partial charge in [0.1, 0.15) is 0 Å². The molecule has 0 spiro atoms. The van der Waals surface area contributed by atoms with Crippen LogP contribution in [0.1, 0.15) is 45.4 Å². The van der Waals surface area contributed by atoms with Crippen molar-refractivity contribution < 1.29 is 19.5 Å². The van der Waals surface area contributed by atoms with Gasteiger partial charge in [0.15, 0.2) is 0 Å². The monoisotopic (exact) mass is 282 g/mol. The fourth-order valence-electron chi connectivity index (χ4n) is 2.68. The van der Waals surface area contributed by atoms with Crippen LogP contribution in [0.5, 0.6) is 0 Å². The summed E-state index contributed by atoms with van der Waals surface area (Å²) < 4.78 is 0. The minimum absolute atomic E-state index is 0.0227. The maximum absolute atomic E-state index is 11.9.